The molecule has 2 rings (SSSR count). The Kier molecular flexibility index (Phi) is 3.47. The number of benzene rings is 2. The second-order valence-corrected chi connectivity index (χ2v) is 4.49. The molecule has 0 saturated carbocycles. The summed E-state index contributed by atoms with van der Waals surface area (Å²) in [6, 6.07) is 13.8. The van der Waals surface area contributed by atoms with Crippen molar-refractivity contribution in [1.29, 1.82) is 0 Å². The minimum Gasteiger partial charge on any atom is -0.207 e. The molecule has 3 heteroatoms. The van der Waals surface area contributed by atoms with Crippen LogP contribution in [0.3, 0.4) is 0 Å². The van der Waals surface area contributed by atoms with Gasteiger partial charge < -0.3 is 0 Å². The molecule has 0 radical (unpaired) electrons. The number of halogens is 3. The molecule has 82 valence electrons. The van der Waals surface area contributed by atoms with Gasteiger partial charge in [-0.15, -0.1) is 23.2 Å². The maximum Gasteiger partial charge on any atom is 0.133 e. The van der Waals surface area contributed by atoms with Gasteiger partial charge in [0, 0.05) is 0 Å². The van der Waals surface area contributed by atoms with Gasteiger partial charge in [0.05, 0.1) is 0 Å². The lowest BCUT2D eigenvalue weighted by Gasteiger charge is -2.09. The molecule has 0 fully saturated rings. The zero-order valence-corrected chi connectivity index (χ0v) is 9.84. The van der Waals surface area contributed by atoms with Crippen LogP contribution in [0.1, 0.15) is 10.4 Å². The summed E-state index contributed by atoms with van der Waals surface area (Å²) in [7, 11) is 0. The molecule has 0 unspecified atom stereocenters. The monoisotopic (exact) mass is 254 g/mol. The largest absolute Gasteiger partial charge is 0.207 e. The van der Waals surface area contributed by atoms with Gasteiger partial charge in [-0.3, -0.25) is 0 Å². The van der Waals surface area contributed by atoms with Gasteiger partial charge in [0.1, 0.15) is 10.7 Å². The van der Waals surface area contributed by atoms with Crippen LogP contribution in [0.25, 0.3) is 11.1 Å². The van der Waals surface area contributed by atoms with Crippen LogP contribution in [-0.2, 0) is 0 Å². The first-order chi connectivity index (χ1) is 7.68. The zero-order valence-electron chi connectivity index (χ0n) is 8.33. The van der Waals surface area contributed by atoms with Crippen LogP contribution in [0.5, 0.6) is 0 Å². The second-order valence-electron chi connectivity index (χ2n) is 3.39. The minimum atomic E-state index is -0.582. The summed E-state index contributed by atoms with van der Waals surface area (Å²) in [5, 5.41) is 0. The maximum atomic E-state index is 12.8. The molecular formula is C13H9Cl2F. The Bertz CT molecular complexity index is 478. The molecule has 0 N–H and O–H groups in total. The Hall–Kier alpha value is -1.05. The average Bonchev–Trinajstić information content (AvgIpc) is 2.30. The fourth-order valence-corrected chi connectivity index (χ4v) is 1.96. The first-order valence-corrected chi connectivity index (χ1v) is 5.69. The number of rotatable bonds is 2. The van der Waals surface area contributed by atoms with Crippen LogP contribution >= 0.6 is 23.2 Å². The maximum absolute atomic E-state index is 12.8. The molecule has 16 heavy (non-hydrogen) atoms. The molecule has 0 heterocycles. The van der Waals surface area contributed by atoms with Crippen molar-refractivity contribution in [1.82, 2.24) is 0 Å². The van der Waals surface area contributed by atoms with Crippen molar-refractivity contribution in [2.45, 2.75) is 4.84 Å². The predicted molar refractivity (Wildman–Crippen MR) is 66.3 cm³/mol. The predicted octanol–water partition coefficient (Wildman–Crippen LogP) is 4.97. The van der Waals surface area contributed by atoms with E-state index in [4.69, 9.17) is 23.2 Å². The highest BCUT2D eigenvalue weighted by atomic mass is 35.5. The fourth-order valence-electron chi connectivity index (χ4n) is 1.58. The summed E-state index contributed by atoms with van der Waals surface area (Å²) in [5.74, 6) is -0.255. The molecule has 0 saturated heterocycles. The van der Waals surface area contributed by atoms with E-state index in [0.29, 0.717) is 0 Å². The Morgan fingerprint density at radius 2 is 1.50 bits per heavy atom. The third kappa shape index (κ3) is 2.37. The van der Waals surface area contributed by atoms with Gasteiger partial charge >= 0.3 is 0 Å². The Labute approximate surface area is 104 Å². The lowest BCUT2D eigenvalue weighted by Crippen LogP contribution is -1.88. The van der Waals surface area contributed by atoms with Crippen LogP contribution in [0, 0.1) is 5.82 Å². The quantitative estimate of drug-likeness (QED) is 0.664. The Morgan fingerprint density at radius 3 is 2.12 bits per heavy atom. The third-order valence-electron chi connectivity index (χ3n) is 2.35. The van der Waals surface area contributed by atoms with E-state index in [2.05, 4.69) is 0 Å². The van der Waals surface area contributed by atoms with Crippen molar-refractivity contribution in [3.8, 4) is 11.1 Å². The van der Waals surface area contributed by atoms with Crippen LogP contribution in [0.4, 0.5) is 4.39 Å². The van der Waals surface area contributed by atoms with Gasteiger partial charge in [-0.1, -0.05) is 36.4 Å². The van der Waals surface area contributed by atoms with E-state index < -0.39 is 4.84 Å². The first kappa shape index (κ1) is 11.4. The van der Waals surface area contributed by atoms with Crippen LogP contribution < -0.4 is 0 Å². The van der Waals surface area contributed by atoms with Gasteiger partial charge in [-0.25, -0.2) is 4.39 Å². The molecule has 0 amide bonds. The molecule has 0 spiro atoms. The van der Waals surface area contributed by atoms with Crippen molar-refractivity contribution in [2.24, 2.45) is 0 Å². The molecule has 0 aliphatic heterocycles. The van der Waals surface area contributed by atoms with Crippen molar-refractivity contribution < 1.29 is 4.39 Å². The van der Waals surface area contributed by atoms with E-state index in [1.165, 1.54) is 12.1 Å². The zero-order chi connectivity index (χ0) is 11.5. The van der Waals surface area contributed by atoms with Crippen LogP contribution in [0.15, 0.2) is 48.5 Å². The summed E-state index contributed by atoms with van der Waals surface area (Å²) in [4.78, 5) is -0.582. The molecule has 0 nitrogen and oxygen atoms in total. The normalized spacial score (nSPS) is 10.8. The molecule has 0 aliphatic rings. The summed E-state index contributed by atoms with van der Waals surface area (Å²) < 4.78 is 12.8. The summed E-state index contributed by atoms with van der Waals surface area (Å²) in [6.07, 6.45) is 0. The smallest absolute Gasteiger partial charge is 0.133 e. The topological polar surface area (TPSA) is 0 Å². The van der Waals surface area contributed by atoms with E-state index in [1.54, 1.807) is 12.1 Å². The van der Waals surface area contributed by atoms with Gasteiger partial charge in [-0.05, 0) is 28.8 Å². The van der Waals surface area contributed by atoms with E-state index in [1.807, 2.05) is 24.3 Å². The van der Waals surface area contributed by atoms with Crippen LogP contribution in [0.2, 0.25) is 0 Å². The van der Waals surface area contributed by atoms with E-state index in [0.717, 1.165) is 16.7 Å². The highest BCUT2D eigenvalue weighted by molar-refractivity contribution is 6.44. The lowest BCUT2D eigenvalue weighted by molar-refractivity contribution is 0.628. The Morgan fingerprint density at radius 1 is 0.875 bits per heavy atom. The first-order valence-electron chi connectivity index (χ1n) is 4.81. The van der Waals surface area contributed by atoms with Crippen molar-refractivity contribution in [3.63, 3.8) is 0 Å². The average molecular weight is 255 g/mol. The van der Waals surface area contributed by atoms with Crippen molar-refractivity contribution in [2.75, 3.05) is 0 Å². The summed E-state index contributed by atoms with van der Waals surface area (Å²) in [5.41, 5.74) is 2.67. The highest BCUT2D eigenvalue weighted by Gasteiger charge is 2.10. The van der Waals surface area contributed by atoms with Gasteiger partial charge in [0.15, 0.2) is 0 Å². The second kappa shape index (κ2) is 4.86. The molecule has 0 aromatic heterocycles. The summed E-state index contributed by atoms with van der Waals surface area (Å²) >= 11 is 11.8. The van der Waals surface area contributed by atoms with E-state index >= 15 is 0 Å². The Balaban J connectivity index is 2.51. The van der Waals surface area contributed by atoms with Gasteiger partial charge in [-0.2, -0.15) is 0 Å². The molecule has 0 aliphatic carbocycles. The summed E-state index contributed by atoms with van der Waals surface area (Å²) in [6.45, 7) is 0. The lowest BCUT2D eigenvalue weighted by atomic mass is 10.0. The molecule has 0 bridgehead atoms. The molecule has 2 aromatic carbocycles. The van der Waals surface area contributed by atoms with Crippen molar-refractivity contribution >= 4 is 23.2 Å². The standard InChI is InChI=1S/C13H9Cl2F/c14-13(15)12-4-2-1-3-11(12)9-5-7-10(16)8-6-9/h1-8,13H. The molecule has 2 aromatic rings. The van der Waals surface area contributed by atoms with Gasteiger partial charge in [0.25, 0.3) is 0 Å². The minimum absolute atomic E-state index is 0.255. The molecular weight excluding hydrogens is 246 g/mol. The fraction of sp³-hybridized carbons (Fsp3) is 0.0769. The SMILES string of the molecule is Fc1ccc(-c2ccccc2C(Cl)Cl)cc1. The number of alkyl halides is 2. The number of hydrogen-bond acceptors (Lipinski definition) is 0. The van der Waals surface area contributed by atoms with Crippen molar-refractivity contribution in [3.05, 3.63) is 59.9 Å². The highest BCUT2D eigenvalue weighted by Crippen LogP contribution is 2.33. The van der Waals surface area contributed by atoms with E-state index in [9.17, 15) is 4.39 Å². The van der Waals surface area contributed by atoms with Crippen LogP contribution in [-0.4, -0.2) is 0 Å². The van der Waals surface area contributed by atoms with E-state index in [-0.39, 0.29) is 5.82 Å². The third-order valence-corrected chi connectivity index (χ3v) is 2.82. The molecule has 0 atom stereocenters. The number of hydrogen-bond donors (Lipinski definition) is 0. The van der Waals surface area contributed by atoms with Gasteiger partial charge in [0.2, 0.25) is 0 Å².